The van der Waals surface area contributed by atoms with Crippen LogP contribution < -0.4 is 10.6 Å². The smallest absolute Gasteiger partial charge is 0.276 e. The van der Waals surface area contributed by atoms with Crippen molar-refractivity contribution >= 4 is 17.3 Å². The van der Waals surface area contributed by atoms with Gasteiger partial charge in [0.1, 0.15) is 11.6 Å². The molecule has 1 aliphatic rings. The molecule has 6 heteroatoms. The molecular formula is C13H20N4O2. The van der Waals surface area contributed by atoms with Crippen LogP contribution in [0.4, 0.5) is 17.3 Å². The predicted octanol–water partition coefficient (Wildman–Crippen LogP) is 2.88. The molecule has 1 saturated carbocycles. The molecule has 0 saturated heterocycles. The van der Waals surface area contributed by atoms with E-state index in [1.54, 1.807) is 7.05 Å². The molecule has 104 valence electrons. The van der Waals surface area contributed by atoms with E-state index in [1.807, 2.05) is 0 Å². The van der Waals surface area contributed by atoms with Crippen molar-refractivity contribution in [2.24, 2.45) is 11.8 Å². The molecule has 0 bridgehead atoms. The third-order valence-corrected chi connectivity index (χ3v) is 3.65. The van der Waals surface area contributed by atoms with E-state index in [-0.39, 0.29) is 5.69 Å². The standard InChI is InChI=1S/C13H20N4O2/c1-9-3-4-10(5-9)8-15-13-7-11(17(18)19)6-12(14-2)16-13/h6-7,9-10H,3-5,8H2,1-2H3,(H2,14,15,16). The minimum absolute atomic E-state index is 0.0571. The number of aromatic nitrogens is 1. The summed E-state index contributed by atoms with van der Waals surface area (Å²) in [7, 11) is 1.70. The van der Waals surface area contributed by atoms with Crippen LogP contribution in [-0.4, -0.2) is 23.5 Å². The molecule has 0 radical (unpaired) electrons. The van der Waals surface area contributed by atoms with E-state index in [0.29, 0.717) is 17.6 Å². The van der Waals surface area contributed by atoms with Crippen molar-refractivity contribution in [2.45, 2.75) is 26.2 Å². The maximum Gasteiger partial charge on any atom is 0.276 e. The molecule has 0 aliphatic heterocycles. The summed E-state index contributed by atoms with van der Waals surface area (Å²) in [5, 5.41) is 16.9. The summed E-state index contributed by atoms with van der Waals surface area (Å²) in [6.07, 6.45) is 3.72. The highest BCUT2D eigenvalue weighted by Gasteiger charge is 2.21. The quantitative estimate of drug-likeness (QED) is 0.631. The Kier molecular flexibility index (Phi) is 4.19. The number of hydrogen-bond acceptors (Lipinski definition) is 5. The normalized spacial score (nSPS) is 22.2. The number of nitrogens with zero attached hydrogens (tertiary/aromatic N) is 2. The van der Waals surface area contributed by atoms with Crippen LogP contribution in [0.3, 0.4) is 0 Å². The monoisotopic (exact) mass is 264 g/mol. The summed E-state index contributed by atoms with van der Waals surface area (Å²) in [4.78, 5) is 14.7. The molecule has 1 aromatic rings. The predicted molar refractivity (Wildman–Crippen MR) is 75.4 cm³/mol. The van der Waals surface area contributed by atoms with E-state index in [0.717, 1.165) is 12.5 Å². The van der Waals surface area contributed by atoms with Gasteiger partial charge in [0.15, 0.2) is 0 Å². The van der Waals surface area contributed by atoms with Gasteiger partial charge in [0, 0.05) is 13.6 Å². The molecule has 2 N–H and O–H groups in total. The van der Waals surface area contributed by atoms with E-state index >= 15 is 0 Å². The number of pyridine rings is 1. The summed E-state index contributed by atoms with van der Waals surface area (Å²) in [6.45, 7) is 3.10. The molecule has 0 aromatic carbocycles. The number of nitro groups is 1. The van der Waals surface area contributed by atoms with Crippen molar-refractivity contribution in [1.82, 2.24) is 4.98 Å². The van der Waals surface area contributed by atoms with Crippen LogP contribution >= 0.6 is 0 Å². The van der Waals surface area contributed by atoms with Crippen LogP contribution in [0, 0.1) is 22.0 Å². The Morgan fingerprint density at radius 1 is 1.42 bits per heavy atom. The highest BCUT2D eigenvalue weighted by atomic mass is 16.6. The highest BCUT2D eigenvalue weighted by molar-refractivity contribution is 5.54. The van der Waals surface area contributed by atoms with Crippen LogP contribution in [0.5, 0.6) is 0 Å². The number of nitrogens with one attached hydrogen (secondary N) is 2. The van der Waals surface area contributed by atoms with Gasteiger partial charge in [0.05, 0.1) is 17.1 Å². The van der Waals surface area contributed by atoms with Gasteiger partial charge in [-0.3, -0.25) is 10.1 Å². The number of anilines is 2. The lowest BCUT2D eigenvalue weighted by Crippen LogP contribution is -2.13. The second-order valence-electron chi connectivity index (χ2n) is 5.27. The largest absolute Gasteiger partial charge is 0.373 e. The van der Waals surface area contributed by atoms with Gasteiger partial charge in [-0.05, 0) is 24.7 Å². The van der Waals surface area contributed by atoms with Crippen LogP contribution in [-0.2, 0) is 0 Å². The molecule has 2 rings (SSSR count). The van der Waals surface area contributed by atoms with Crippen molar-refractivity contribution in [2.75, 3.05) is 24.2 Å². The lowest BCUT2D eigenvalue weighted by atomic mass is 10.1. The van der Waals surface area contributed by atoms with Gasteiger partial charge in [-0.1, -0.05) is 13.3 Å². The Balaban J connectivity index is 2.02. The Labute approximate surface area is 112 Å². The number of hydrogen-bond donors (Lipinski definition) is 2. The van der Waals surface area contributed by atoms with Crippen molar-refractivity contribution < 1.29 is 4.92 Å². The molecule has 1 heterocycles. The molecule has 2 unspecified atom stereocenters. The summed E-state index contributed by atoms with van der Waals surface area (Å²) >= 11 is 0. The zero-order valence-corrected chi connectivity index (χ0v) is 11.3. The molecule has 6 nitrogen and oxygen atoms in total. The SMILES string of the molecule is CNc1cc([N+](=O)[O-])cc(NCC2CCC(C)C2)n1. The first-order valence-electron chi connectivity index (χ1n) is 6.66. The van der Waals surface area contributed by atoms with Gasteiger partial charge < -0.3 is 10.6 Å². The minimum atomic E-state index is -0.397. The first-order chi connectivity index (χ1) is 9.08. The van der Waals surface area contributed by atoms with E-state index in [2.05, 4.69) is 22.5 Å². The third-order valence-electron chi connectivity index (χ3n) is 3.65. The summed E-state index contributed by atoms with van der Waals surface area (Å²) in [5.74, 6) is 2.52. The van der Waals surface area contributed by atoms with Crippen molar-refractivity contribution in [3.63, 3.8) is 0 Å². The Morgan fingerprint density at radius 3 is 2.74 bits per heavy atom. The van der Waals surface area contributed by atoms with Gasteiger partial charge >= 0.3 is 0 Å². The van der Waals surface area contributed by atoms with E-state index in [1.165, 1.54) is 31.4 Å². The third kappa shape index (κ3) is 3.56. The fourth-order valence-corrected chi connectivity index (χ4v) is 2.60. The van der Waals surface area contributed by atoms with Gasteiger partial charge in [-0.25, -0.2) is 4.98 Å². The first-order valence-corrected chi connectivity index (χ1v) is 6.66. The topological polar surface area (TPSA) is 80.1 Å². The second kappa shape index (κ2) is 5.86. The average Bonchev–Trinajstić information content (AvgIpc) is 2.81. The van der Waals surface area contributed by atoms with E-state index in [9.17, 15) is 10.1 Å². The molecule has 1 aliphatic carbocycles. The zero-order valence-electron chi connectivity index (χ0n) is 11.3. The maximum atomic E-state index is 10.8. The van der Waals surface area contributed by atoms with Crippen molar-refractivity contribution in [3.8, 4) is 0 Å². The van der Waals surface area contributed by atoms with E-state index < -0.39 is 4.92 Å². The molecule has 1 fully saturated rings. The fraction of sp³-hybridized carbons (Fsp3) is 0.615. The minimum Gasteiger partial charge on any atom is -0.373 e. The summed E-state index contributed by atoms with van der Waals surface area (Å²) in [5.41, 5.74) is 0.0571. The Morgan fingerprint density at radius 2 is 2.16 bits per heavy atom. The lowest BCUT2D eigenvalue weighted by molar-refractivity contribution is -0.384. The lowest BCUT2D eigenvalue weighted by Gasteiger charge is -2.12. The van der Waals surface area contributed by atoms with Gasteiger partial charge in [0.25, 0.3) is 5.69 Å². The van der Waals surface area contributed by atoms with Crippen LogP contribution in [0.15, 0.2) is 12.1 Å². The van der Waals surface area contributed by atoms with Crippen LogP contribution in [0.1, 0.15) is 26.2 Å². The zero-order chi connectivity index (χ0) is 13.8. The van der Waals surface area contributed by atoms with Crippen LogP contribution in [0.2, 0.25) is 0 Å². The second-order valence-corrected chi connectivity index (χ2v) is 5.27. The Bertz CT molecular complexity index is 464. The molecule has 1 aromatic heterocycles. The van der Waals surface area contributed by atoms with Crippen LogP contribution in [0.25, 0.3) is 0 Å². The highest BCUT2D eigenvalue weighted by Crippen LogP contribution is 2.30. The fourth-order valence-electron chi connectivity index (χ4n) is 2.60. The molecule has 0 amide bonds. The Hall–Kier alpha value is -1.85. The maximum absolute atomic E-state index is 10.8. The molecule has 0 spiro atoms. The van der Waals surface area contributed by atoms with Gasteiger partial charge in [-0.15, -0.1) is 0 Å². The van der Waals surface area contributed by atoms with E-state index in [4.69, 9.17) is 0 Å². The van der Waals surface area contributed by atoms with Crippen molar-refractivity contribution in [1.29, 1.82) is 0 Å². The summed E-state index contributed by atoms with van der Waals surface area (Å²) < 4.78 is 0. The van der Waals surface area contributed by atoms with Gasteiger partial charge in [-0.2, -0.15) is 0 Å². The average molecular weight is 264 g/mol. The van der Waals surface area contributed by atoms with Gasteiger partial charge in [0.2, 0.25) is 0 Å². The molecule has 19 heavy (non-hydrogen) atoms. The first kappa shape index (κ1) is 13.6. The number of rotatable bonds is 5. The molecule has 2 atom stereocenters. The summed E-state index contributed by atoms with van der Waals surface area (Å²) in [6, 6.07) is 2.92. The molecular weight excluding hydrogens is 244 g/mol. The van der Waals surface area contributed by atoms with Crippen molar-refractivity contribution in [3.05, 3.63) is 22.2 Å².